The summed E-state index contributed by atoms with van der Waals surface area (Å²) >= 11 is 5.94. The fourth-order valence-corrected chi connectivity index (χ4v) is 3.52. The molecule has 1 heterocycles. The molecule has 0 radical (unpaired) electrons. The molecular formula is C22H26ClN3O3. The molecule has 2 aromatic rings. The van der Waals surface area contributed by atoms with E-state index >= 15 is 0 Å². The van der Waals surface area contributed by atoms with Gasteiger partial charge in [0.2, 0.25) is 5.91 Å². The Bertz CT molecular complexity index is 847. The molecule has 6 nitrogen and oxygen atoms in total. The van der Waals surface area contributed by atoms with Gasteiger partial charge in [-0.2, -0.15) is 5.10 Å². The van der Waals surface area contributed by atoms with Crippen LogP contribution in [0.25, 0.3) is 0 Å². The maximum absolute atomic E-state index is 12.5. The number of benzene rings is 2. The van der Waals surface area contributed by atoms with E-state index in [1.54, 1.807) is 26.5 Å². The van der Waals surface area contributed by atoms with E-state index in [-0.39, 0.29) is 11.8 Å². The molecule has 0 bridgehead atoms. The van der Waals surface area contributed by atoms with Crippen LogP contribution in [0.5, 0.6) is 11.5 Å². The van der Waals surface area contributed by atoms with Crippen LogP contribution in [0.2, 0.25) is 5.02 Å². The zero-order valence-corrected chi connectivity index (χ0v) is 17.5. The number of hydrogen-bond acceptors (Lipinski definition) is 5. The summed E-state index contributed by atoms with van der Waals surface area (Å²) in [7, 11) is 3.19. The fraction of sp³-hybridized carbons (Fsp3) is 0.364. The summed E-state index contributed by atoms with van der Waals surface area (Å²) in [6, 6.07) is 13.3. The Morgan fingerprint density at radius 1 is 1.17 bits per heavy atom. The van der Waals surface area contributed by atoms with Gasteiger partial charge in [-0.3, -0.25) is 9.69 Å². The van der Waals surface area contributed by atoms with Gasteiger partial charge in [0.05, 0.1) is 20.4 Å². The Hall–Kier alpha value is -2.57. The van der Waals surface area contributed by atoms with Crippen molar-refractivity contribution in [1.82, 2.24) is 10.3 Å². The topological polar surface area (TPSA) is 63.2 Å². The van der Waals surface area contributed by atoms with E-state index in [4.69, 9.17) is 21.1 Å². The van der Waals surface area contributed by atoms with Gasteiger partial charge < -0.3 is 9.47 Å². The van der Waals surface area contributed by atoms with Crippen molar-refractivity contribution in [1.29, 1.82) is 0 Å². The molecule has 1 aliphatic heterocycles. The van der Waals surface area contributed by atoms with Crippen LogP contribution in [-0.2, 0) is 11.3 Å². The third-order valence-electron chi connectivity index (χ3n) is 5.09. The molecule has 1 fully saturated rings. The molecule has 154 valence electrons. The number of amides is 1. The number of rotatable bonds is 7. The van der Waals surface area contributed by atoms with Crippen molar-refractivity contribution in [2.24, 2.45) is 11.0 Å². The van der Waals surface area contributed by atoms with Crippen molar-refractivity contribution in [2.75, 3.05) is 27.3 Å². The van der Waals surface area contributed by atoms with E-state index in [1.807, 2.05) is 36.4 Å². The molecular weight excluding hydrogens is 390 g/mol. The highest BCUT2D eigenvalue weighted by Crippen LogP contribution is 2.23. The summed E-state index contributed by atoms with van der Waals surface area (Å²) in [6.07, 6.45) is 3.21. The Morgan fingerprint density at radius 3 is 2.55 bits per heavy atom. The molecule has 0 spiro atoms. The summed E-state index contributed by atoms with van der Waals surface area (Å²) in [5.74, 6) is 1.29. The maximum Gasteiger partial charge on any atom is 0.243 e. The van der Waals surface area contributed by atoms with Gasteiger partial charge in [0.1, 0.15) is 11.5 Å². The van der Waals surface area contributed by atoms with Crippen LogP contribution in [0.4, 0.5) is 0 Å². The number of methoxy groups -OCH3 is 2. The molecule has 1 aliphatic rings. The first-order chi connectivity index (χ1) is 14.1. The summed E-state index contributed by atoms with van der Waals surface area (Å²) in [4.78, 5) is 14.8. The van der Waals surface area contributed by atoms with Crippen molar-refractivity contribution in [3.63, 3.8) is 0 Å². The molecule has 1 amide bonds. The number of carbonyl (C=O) groups is 1. The van der Waals surface area contributed by atoms with Crippen LogP contribution in [0.3, 0.4) is 0 Å². The summed E-state index contributed by atoms with van der Waals surface area (Å²) in [5.41, 5.74) is 4.63. The molecule has 0 aliphatic carbocycles. The third-order valence-corrected chi connectivity index (χ3v) is 5.35. The average molecular weight is 416 g/mol. The van der Waals surface area contributed by atoms with Gasteiger partial charge in [-0.25, -0.2) is 5.43 Å². The van der Waals surface area contributed by atoms with E-state index in [9.17, 15) is 4.79 Å². The number of carbonyl (C=O) groups excluding carboxylic acids is 1. The standard InChI is InChI=1S/C22H26ClN3O3/c1-28-20-7-8-21(29-2)18(13-20)14-24-25-22(27)17-9-11-26(12-10-17)15-16-3-5-19(23)6-4-16/h3-8,13-14,17H,9-12,15H2,1-2H3,(H,25,27)/b24-14+. The van der Waals surface area contributed by atoms with E-state index in [0.717, 1.165) is 43.1 Å². The largest absolute Gasteiger partial charge is 0.497 e. The molecule has 0 saturated carbocycles. The number of halogens is 1. The van der Waals surface area contributed by atoms with Gasteiger partial charge in [0, 0.05) is 23.0 Å². The van der Waals surface area contributed by atoms with Crippen LogP contribution >= 0.6 is 11.6 Å². The van der Waals surface area contributed by atoms with E-state index in [0.29, 0.717) is 11.5 Å². The lowest BCUT2D eigenvalue weighted by Crippen LogP contribution is -2.39. The van der Waals surface area contributed by atoms with Crippen LogP contribution in [0.1, 0.15) is 24.0 Å². The molecule has 29 heavy (non-hydrogen) atoms. The molecule has 0 aromatic heterocycles. The zero-order chi connectivity index (χ0) is 20.6. The second kappa shape index (κ2) is 10.3. The quantitative estimate of drug-likeness (QED) is 0.553. The Morgan fingerprint density at radius 2 is 1.90 bits per heavy atom. The van der Waals surface area contributed by atoms with E-state index < -0.39 is 0 Å². The molecule has 3 rings (SSSR count). The van der Waals surface area contributed by atoms with Gasteiger partial charge >= 0.3 is 0 Å². The molecule has 2 aromatic carbocycles. The van der Waals surface area contributed by atoms with Crippen LogP contribution < -0.4 is 14.9 Å². The minimum absolute atomic E-state index is 0.0270. The van der Waals surface area contributed by atoms with Crippen LogP contribution in [0, 0.1) is 5.92 Å². The van der Waals surface area contributed by atoms with Gasteiger partial charge in [-0.15, -0.1) is 0 Å². The molecule has 1 saturated heterocycles. The fourth-order valence-electron chi connectivity index (χ4n) is 3.40. The third kappa shape index (κ3) is 5.95. The lowest BCUT2D eigenvalue weighted by Gasteiger charge is -2.30. The first kappa shape index (κ1) is 21.1. The van der Waals surface area contributed by atoms with Gasteiger partial charge in [0.25, 0.3) is 0 Å². The van der Waals surface area contributed by atoms with Crippen molar-refractivity contribution in [3.05, 3.63) is 58.6 Å². The Kier molecular flexibility index (Phi) is 7.49. The van der Waals surface area contributed by atoms with Crippen molar-refractivity contribution >= 4 is 23.7 Å². The average Bonchev–Trinajstić information content (AvgIpc) is 2.75. The van der Waals surface area contributed by atoms with E-state index in [2.05, 4.69) is 15.4 Å². The van der Waals surface area contributed by atoms with Crippen molar-refractivity contribution in [2.45, 2.75) is 19.4 Å². The number of nitrogens with zero attached hydrogens (tertiary/aromatic N) is 2. The molecule has 7 heteroatoms. The number of ether oxygens (including phenoxy) is 2. The smallest absolute Gasteiger partial charge is 0.243 e. The van der Waals surface area contributed by atoms with Gasteiger partial charge in [-0.05, 0) is 61.8 Å². The lowest BCUT2D eigenvalue weighted by atomic mass is 9.96. The normalized spacial score (nSPS) is 15.4. The molecule has 0 atom stereocenters. The predicted molar refractivity (Wildman–Crippen MR) is 115 cm³/mol. The summed E-state index contributed by atoms with van der Waals surface area (Å²) < 4.78 is 10.5. The number of likely N-dealkylation sites (tertiary alicyclic amines) is 1. The van der Waals surface area contributed by atoms with Crippen molar-refractivity contribution in [3.8, 4) is 11.5 Å². The van der Waals surface area contributed by atoms with E-state index in [1.165, 1.54) is 5.56 Å². The number of hydrazone groups is 1. The Balaban J connectivity index is 1.48. The number of nitrogens with one attached hydrogen (secondary N) is 1. The minimum atomic E-state index is -0.0470. The monoisotopic (exact) mass is 415 g/mol. The first-order valence-electron chi connectivity index (χ1n) is 9.61. The second-order valence-electron chi connectivity index (χ2n) is 7.02. The Labute approximate surface area is 176 Å². The summed E-state index contributed by atoms with van der Waals surface area (Å²) in [6.45, 7) is 2.64. The molecule has 0 unspecified atom stereocenters. The van der Waals surface area contributed by atoms with Gasteiger partial charge in [0.15, 0.2) is 0 Å². The highest BCUT2D eigenvalue weighted by molar-refractivity contribution is 6.30. The zero-order valence-electron chi connectivity index (χ0n) is 16.7. The SMILES string of the molecule is COc1ccc(OC)c(/C=N/NC(=O)C2CCN(Cc3ccc(Cl)cc3)CC2)c1. The minimum Gasteiger partial charge on any atom is -0.497 e. The highest BCUT2D eigenvalue weighted by Gasteiger charge is 2.24. The second-order valence-corrected chi connectivity index (χ2v) is 7.46. The number of hydrogen-bond donors (Lipinski definition) is 1. The van der Waals surface area contributed by atoms with Crippen LogP contribution in [-0.4, -0.2) is 44.3 Å². The van der Waals surface area contributed by atoms with Crippen LogP contribution in [0.15, 0.2) is 47.6 Å². The highest BCUT2D eigenvalue weighted by atomic mass is 35.5. The molecule has 1 N–H and O–H groups in total. The van der Waals surface area contributed by atoms with Gasteiger partial charge in [-0.1, -0.05) is 23.7 Å². The summed E-state index contributed by atoms with van der Waals surface area (Å²) in [5, 5.41) is 4.86. The first-order valence-corrected chi connectivity index (χ1v) is 9.98. The maximum atomic E-state index is 12.5. The van der Waals surface area contributed by atoms with Crippen molar-refractivity contribution < 1.29 is 14.3 Å². The predicted octanol–water partition coefficient (Wildman–Crippen LogP) is 3.72. The lowest BCUT2D eigenvalue weighted by molar-refractivity contribution is -0.126. The number of piperidine rings is 1.